The van der Waals surface area contributed by atoms with Gasteiger partial charge in [-0.25, -0.2) is 8.42 Å². The van der Waals surface area contributed by atoms with Crippen molar-refractivity contribution in [3.8, 4) is 0 Å². The molecule has 0 bridgehead atoms. The predicted molar refractivity (Wildman–Crippen MR) is 132 cm³/mol. The molecule has 9 heteroatoms. The topological polar surface area (TPSA) is 113 Å². The van der Waals surface area contributed by atoms with Crippen molar-refractivity contribution in [3.63, 3.8) is 0 Å². The number of sulfonamides is 1. The van der Waals surface area contributed by atoms with Crippen molar-refractivity contribution in [2.45, 2.75) is 43.4 Å². The number of primary amides is 1. The highest BCUT2D eigenvalue weighted by Crippen LogP contribution is 2.30. The Hall–Kier alpha value is -2.91. The summed E-state index contributed by atoms with van der Waals surface area (Å²) >= 11 is 0. The van der Waals surface area contributed by atoms with E-state index in [1.165, 1.54) is 12.1 Å². The average Bonchev–Trinajstić information content (AvgIpc) is 3.15. The second kappa shape index (κ2) is 10.6. The molecule has 2 fully saturated rings. The number of hydrogen-bond acceptors (Lipinski definition) is 5. The van der Waals surface area contributed by atoms with Crippen molar-refractivity contribution in [1.29, 1.82) is 0 Å². The molecule has 34 heavy (non-hydrogen) atoms. The largest absolute Gasteiger partial charge is 0.370 e. The highest BCUT2D eigenvalue weighted by atomic mass is 32.2. The number of para-hydroxylation sites is 2. The number of amides is 2. The van der Waals surface area contributed by atoms with Crippen molar-refractivity contribution in [2.75, 3.05) is 36.4 Å². The molecule has 0 aliphatic carbocycles. The van der Waals surface area contributed by atoms with Crippen LogP contribution < -0.4 is 16.0 Å². The zero-order valence-electron chi connectivity index (χ0n) is 19.3. The molecule has 0 unspecified atom stereocenters. The summed E-state index contributed by atoms with van der Waals surface area (Å²) in [7, 11) is -3.56. The summed E-state index contributed by atoms with van der Waals surface area (Å²) in [6.07, 6.45) is 5.22. The van der Waals surface area contributed by atoms with E-state index in [-0.39, 0.29) is 22.6 Å². The maximum absolute atomic E-state index is 13.0. The summed E-state index contributed by atoms with van der Waals surface area (Å²) in [5, 5.41) is 2.96. The van der Waals surface area contributed by atoms with Crippen molar-refractivity contribution in [2.24, 2.45) is 11.7 Å². The number of carbonyl (C=O) groups excluding carboxylic acids is 2. The van der Waals surface area contributed by atoms with Crippen LogP contribution in [0.2, 0.25) is 0 Å². The molecule has 182 valence electrons. The van der Waals surface area contributed by atoms with Crippen LogP contribution in [0.4, 0.5) is 11.4 Å². The van der Waals surface area contributed by atoms with Gasteiger partial charge in [0.1, 0.15) is 0 Å². The third-order valence-corrected chi connectivity index (χ3v) is 8.62. The normalized spacial score (nSPS) is 18.3. The first-order valence-corrected chi connectivity index (χ1v) is 13.3. The number of rotatable bonds is 6. The fourth-order valence-electron chi connectivity index (χ4n) is 4.66. The second-order valence-corrected chi connectivity index (χ2v) is 10.9. The summed E-state index contributed by atoms with van der Waals surface area (Å²) in [6, 6.07) is 13.7. The number of hydrogen-bond donors (Lipinski definition) is 2. The summed E-state index contributed by atoms with van der Waals surface area (Å²) < 4.78 is 27.5. The molecule has 2 heterocycles. The van der Waals surface area contributed by atoms with Crippen LogP contribution in [0.1, 0.15) is 48.9 Å². The van der Waals surface area contributed by atoms with E-state index in [0.717, 1.165) is 31.4 Å². The van der Waals surface area contributed by atoms with E-state index in [4.69, 9.17) is 5.73 Å². The van der Waals surface area contributed by atoms with Crippen LogP contribution in [-0.2, 0) is 14.8 Å². The van der Waals surface area contributed by atoms with Gasteiger partial charge in [-0.15, -0.1) is 0 Å². The molecule has 2 aliphatic rings. The molecule has 2 aliphatic heterocycles. The first-order valence-electron chi connectivity index (χ1n) is 11.9. The van der Waals surface area contributed by atoms with E-state index < -0.39 is 10.0 Å². The van der Waals surface area contributed by atoms with E-state index in [1.54, 1.807) is 16.4 Å². The Bertz CT molecular complexity index is 1120. The standard InChI is InChI=1S/C25H32N4O4S/c26-24(30)19-13-17-28(18-14-19)23-8-4-3-7-22(23)27-25(31)20-9-11-21(12-10-20)34(32,33)29-15-5-1-2-6-16-29/h3-4,7-12,19H,1-2,5-6,13-18H2,(H2,26,30)(H,27,31). The Balaban J connectivity index is 1.45. The molecule has 0 saturated carbocycles. The lowest BCUT2D eigenvalue weighted by molar-refractivity contribution is -0.122. The van der Waals surface area contributed by atoms with Crippen LogP contribution in [0.25, 0.3) is 0 Å². The lowest BCUT2D eigenvalue weighted by atomic mass is 9.96. The number of nitrogens with two attached hydrogens (primary N) is 1. The number of carbonyl (C=O) groups is 2. The molecule has 0 atom stereocenters. The number of piperidine rings is 1. The van der Waals surface area contributed by atoms with Gasteiger partial charge in [0.25, 0.3) is 5.91 Å². The zero-order chi connectivity index (χ0) is 24.1. The molecule has 4 rings (SSSR count). The summed E-state index contributed by atoms with van der Waals surface area (Å²) in [5.74, 6) is -0.678. The third kappa shape index (κ3) is 5.42. The number of nitrogens with one attached hydrogen (secondary N) is 1. The molecular weight excluding hydrogens is 452 g/mol. The van der Waals surface area contributed by atoms with Gasteiger partial charge in [-0.1, -0.05) is 25.0 Å². The minimum absolute atomic E-state index is 0.109. The Morgan fingerprint density at radius 2 is 1.47 bits per heavy atom. The van der Waals surface area contributed by atoms with Gasteiger partial charge in [0.05, 0.1) is 16.3 Å². The van der Waals surface area contributed by atoms with E-state index in [9.17, 15) is 18.0 Å². The van der Waals surface area contributed by atoms with Gasteiger partial charge in [-0.05, 0) is 62.1 Å². The van der Waals surface area contributed by atoms with Gasteiger partial charge < -0.3 is 16.0 Å². The van der Waals surface area contributed by atoms with Crippen molar-refractivity contribution in [1.82, 2.24) is 4.31 Å². The first-order chi connectivity index (χ1) is 16.4. The number of anilines is 2. The van der Waals surface area contributed by atoms with Gasteiger partial charge in [0, 0.05) is 37.7 Å². The van der Waals surface area contributed by atoms with E-state index in [1.807, 2.05) is 24.3 Å². The molecule has 0 radical (unpaired) electrons. The van der Waals surface area contributed by atoms with Crippen molar-refractivity contribution >= 4 is 33.2 Å². The van der Waals surface area contributed by atoms with Crippen molar-refractivity contribution in [3.05, 3.63) is 54.1 Å². The van der Waals surface area contributed by atoms with Crippen LogP contribution in [0.15, 0.2) is 53.4 Å². The Kier molecular flexibility index (Phi) is 7.53. The molecule has 0 spiro atoms. The third-order valence-electron chi connectivity index (χ3n) is 6.71. The van der Waals surface area contributed by atoms with Crippen LogP contribution in [0.5, 0.6) is 0 Å². The minimum atomic E-state index is -3.56. The van der Waals surface area contributed by atoms with E-state index in [0.29, 0.717) is 50.3 Å². The summed E-state index contributed by atoms with van der Waals surface area (Å²) in [4.78, 5) is 26.8. The lowest BCUT2D eigenvalue weighted by Gasteiger charge is -2.33. The summed E-state index contributed by atoms with van der Waals surface area (Å²) in [5.41, 5.74) is 7.39. The van der Waals surface area contributed by atoms with Gasteiger partial charge in [-0.2, -0.15) is 4.31 Å². The number of benzene rings is 2. The lowest BCUT2D eigenvalue weighted by Crippen LogP contribution is -2.38. The Labute approximate surface area is 201 Å². The highest BCUT2D eigenvalue weighted by Gasteiger charge is 2.26. The van der Waals surface area contributed by atoms with Crippen LogP contribution >= 0.6 is 0 Å². The van der Waals surface area contributed by atoms with Crippen LogP contribution in [0, 0.1) is 5.92 Å². The van der Waals surface area contributed by atoms with E-state index >= 15 is 0 Å². The molecule has 3 N–H and O–H groups in total. The minimum Gasteiger partial charge on any atom is -0.370 e. The molecule has 2 saturated heterocycles. The molecular formula is C25H32N4O4S. The first kappa shape index (κ1) is 24.2. The van der Waals surface area contributed by atoms with Crippen molar-refractivity contribution < 1.29 is 18.0 Å². The highest BCUT2D eigenvalue weighted by molar-refractivity contribution is 7.89. The van der Waals surface area contributed by atoms with Gasteiger partial charge >= 0.3 is 0 Å². The van der Waals surface area contributed by atoms with Crippen LogP contribution in [0.3, 0.4) is 0 Å². The summed E-state index contributed by atoms with van der Waals surface area (Å²) in [6.45, 7) is 2.45. The quantitative estimate of drug-likeness (QED) is 0.654. The molecule has 8 nitrogen and oxygen atoms in total. The maximum atomic E-state index is 13.0. The fourth-order valence-corrected chi connectivity index (χ4v) is 6.18. The monoisotopic (exact) mass is 484 g/mol. The molecule has 2 amide bonds. The maximum Gasteiger partial charge on any atom is 0.255 e. The smallest absolute Gasteiger partial charge is 0.255 e. The number of nitrogens with zero attached hydrogens (tertiary/aromatic N) is 2. The zero-order valence-corrected chi connectivity index (χ0v) is 20.1. The Morgan fingerprint density at radius 1 is 0.853 bits per heavy atom. The van der Waals surface area contributed by atoms with Gasteiger partial charge in [-0.3, -0.25) is 9.59 Å². The van der Waals surface area contributed by atoms with Crippen LogP contribution in [-0.4, -0.2) is 50.7 Å². The predicted octanol–water partition coefficient (Wildman–Crippen LogP) is 3.21. The molecule has 2 aromatic rings. The second-order valence-electron chi connectivity index (χ2n) is 8.98. The average molecular weight is 485 g/mol. The SMILES string of the molecule is NC(=O)C1CCN(c2ccccc2NC(=O)c2ccc(S(=O)(=O)N3CCCCCC3)cc2)CC1. The molecule has 0 aromatic heterocycles. The van der Waals surface area contributed by atoms with Gasteiger partial charge in [0.2, 0.25) is 15.9 Å². The fraction of sp³-hybridized carbons (Fsp3) is 0.440. The molecule has 2 aromatic carbocycles. The van der Waals surface area contributed by atoms with E-state index in [2.05, 4.69) is 10.2 Å². The van der Waals surface area contributed by atoms with Gasteiger partial charge in [0.15, 0.2) is 0 Å². The Morgan fingerprint density at radius 3 is 2.09 bits per heavy atom.